The van der Waals surface area contributed by atoms with Gasteiger partial charge in [-0.3, -0.25) is 14.9 Å². The maximum absolute atomic E-state index is 13.2. The Kier molecular flexibility index (Phi) is 5.12. The van der Waals surface area contributed by atoms with Crippen molar-refractivity contribution in [1.29, 1.82) is 0 Å². The van der Waals surface area contributed by atoms with E-state index in [0.717, 1.165) is 28.4 Å². The van der Waals surface area contributed by atoms with Crippen molar-refractivity contribution in [2.75, 3.05) is 23.9 Å². The summed E-state index contributed by atoms with van der Waals surface area (Å²) in [6, 6.07) is 15.3. The Balaban J connectivity index is 1.70. The minimum atomic E-state index is -0.881. The SMILES string of the molecule is CN(C)c1ccc(-n2cccc2C=C2C(=O)NC(=O)N(c3ccc(F)cc3)C2=O)cc1. The zero-order valence-corrected chi connectivity index (χ0v) is 16.9. The molecule has 31 heavy (non-hydrogen) atoms. The molecule has 0 spiro atoms. The zero-order chi connectivity index (χ0) is 22.1. The van der Waals surface area contributed by atoms with Gasteiger partial charge in [-0.05, 0) is 66.7 Å². The second kappa shape index (κ2) is 7.91. The predicted octanol–water partition coefficient (Wildman–Crippen LogP) is 3.35. The Hall–Kier alpha value is -4.20. The van der Waals surface area contributed by atoms with Crippen molar-refractivity contribution in [3.8, 4) is 5.69 Å². The summed E-state index contributed by atoms with van der Waals surface area (Å²) in [6.45, 7) is 0. The molecule has 2 aromatic carbocycles. The van der Waals surface area contributed by atoms with Gasteiger partial charge in [0.15, 0.2) is 0 Å². The van der Waals surface area contributed by atoms with Gasteiger partial charge in [0.25, 0.3) is 11.8 Å². The average molecular weight is 418 g/mol. The van der Waals surface area contributed by atoms with E-state index in [1.54, 1.807) is 12.1 Å². The summed E-state index contributed by atoms with van der Waals surface area (Å²) in [6.07, 6.45) is 3.24. The van der Waals surface area contributed by atoms with Crippen molar-refractivity contribution in [3.05, 3.63) is 83.9 Å². The lowest BCUT2D eigenvalue weighted by Crippen LogP contribution is -2.54. The Morgan fingerprint density at radius 1 is 0.903 bits per heavy atom. The largest absolute Gasteiger partial charge is 0.378 e. The van der Waals surface area contributed by atoms with E-state index in [0.29, 0.717) is 5.69 Å². The highest BCUT2D eigenvalue weighted by Crippen LogP contribution is 2.24. The molecule has 0 bridgehead atoms. The molecule has 0 unspecified atom stereocenters. The number of urea groups is 1. The van der Waals surface area contributed by atoms with Crippen LogP contribution in [-0.4, -0.2) is 36.5 Å². The van der Waals surface area contributed by atoms with Crippen LogP contribution in [0.4, 0.5) is 20.6 Å². The van der Waals surface area contributed by atoms with Crippen LogP contribution in [0.5, 0.6) is 0 Å². The van der Waals surface area contributed by atoms with Crippen molar-refractivity contribution >= 4 is 35.3 Å². The molecule has 3 aromatic rings. The molecule has 2 heterocycles. The van der Waals surface area contributed by atoms with Gasteiger partial charge in [-0.15, -0.1) is 0 Å². The smallest absolute Gasteiger partial charge is 0.335 e. The van der Waals surface area contributed by atoms with Crippen molar-refractivity contribution in [2.45, 2.75) is 0 Å². The van der Waals surface area contributed by atoms with Gasteiger partial charge in [-0.25, -0.2) is 14.1 Å². The molecular formula is C23H19FN4O3. The van der Waals surface area contributed by atoms with Crippen LogP contribution in [0.25, 0.3) is 11.8 Å². The number of aromatic nitrogens is 1. The lowest BCUT2D eigenvalue weighted by Gasteiger charge is -2.26. The van der Waals surface area contributed by atoms with Crippen LogP contribution in [0.1, 0.15) is 5.69 Å². The number of nitrogens with zero attached hydrogens (tertiary/aromatic N) is 3. The van der Waals surface area contributed by atoms with Gasteiger partial charge in [-0.1, -0.05) is 0 Å². The summed E-state index contributed by atoms with van der Waals surface area (Å²) >= 11 is 0. The normalized spacial score (nSPS) is 15.4. The number of hydrogen-bond donors (Lipinski definition) is 1. The Morgan fingerprint density at radius 2 is 1.55 bits per heavy atom. The van der Waals surface area contributed by atoms with Crippen molar-refractivity contribution in [2.24, 2.45) is 0 Å². The number of benzene rings is 2. The van der Waals surface area contributed by atoms with E-state index in [1.165, 1.54) is 18.2 Å². The monoisotopic (exact) mass is 418 g/mol. The third-order valence-electron chi connectivity index (χ3n) is 4.90. The van der Waals surface area contributed by atoms with Gasteiger partial charge in [0.1, 0.15) is 11.4 Å². The molecular weight excluding hydrogens is 399 g/mol. The van der Waals surface area contributed by atoms with E-state index in [4.69, 9.17) is 0 Å². The molecule has 1 aliphatic rings. The molecule has 4 amide bonds. The number of rotatable bonds is 4. The van der Waals surface area contributed by atoms with E-state index < -0.39 is 23.7 Å². The first-order chi connectivity index (χ1) is 14.8. The molecule has 1 fully saturated rings. The summed E-state index contributed by atoms with van der Waals surface area (Å²) in [7, 11) is 3.89. The summed E-state index contributed by atoms with van der Waals surface area (Å²) in [4.78, 5) is 40.5. The fourth-order valence-electron chi connectivity index (χ4n) is 3.29. The van der Waals surface area contributed by atoms with Crippen LogP contribution >= 0.6 is 0 Å². The lowest BCUT2D eigenvalue weighted by atomic mass is 10.1. The number of carbonyl (C=O) groups is 3. The number of anilines is 2. The number of halogens is 1. The second-order valence-corrected chi connectivity index (χ2v) is 7.15. The van der Waals surface area contributed by atoms with Crippen LogP contribution in [0.15, 0.2) is 72.4 Å². The first-order valence-electron chi connectivity index (χ1n) is 9.47. The number of barbiturate groups is 1. The summed E-state index contributed by atoms with van der Waals surface area (Å²) in [5.41, 5.74) is 2.43. The number of hydrogen-bond acceptors (Lipinski definition) is 4. The zero-order valence-electron chi connectivity index (χ0n) is 16.9. The van der Waals surface area contributed by atoms with Gasteiger partial charge in [0, 0.05) is 37.4 Å². The molecule has 156 valence electrons. The number of carbonyl (C=O) groups excluding carboxylic acids is 3. The summed E-state index contributed by atoms with van der Waals surface area (Å²) < 4.78 is 15.1. The van der Waals surface area contributed by atoms with Gasteiger partial charge in [0.05, 0.1) is 5.69 Å². The summed E-state index contributed by atoms with van der Waals surface area (Å²) in [5.74, 6) is -2.07. The van der Waals surface area contributed by atoms with Crippen LogP contribution in [0.2, 0.25) is 0 Å². The topological polar surface area (TPSA) is 74.7 Å². The molecule has 1 N–H and O–H groups in total. The third kappa shape index (κ3) is 3.83. The minimum absolute atomic E-state index is 0.164. The molecule has 8 heteroatoms. The fourth-order valence-corrected chi connectivity index (χ4v) is 3.29. The molecule has 0 saturated carbocycles. The number of imide groups is 2. The molecule has 1 aromatic heterocycles. The molecule has 7 nitrogen and oxygen atoms in total. The van der Waals surface area contributed by atoms with Crippen LogP contribution in [-0.2, 0) is 9.59 Å². The Morgan fingerprint density at radius 3 is 2.19 bits per heavy atom. The lowest BCUT2D eigenvalue weighted by molar-refractivity contribution is -0.122. The maximum Gasteiger partial charge on any atom is 0.335 e. The minimum Gasteiger partial charge on any atom is -0.378 e. The third-order valence-corrected chi connectivity index (χ3v) is 4.90. The van der Waals surface area contributed by atoms with E-state index in [2.05, 4.69) is 5.32 Å². The molecule has 0 radical (unpaired) electrons. The van der Waals surface area contributed by atoms with Gasteiger partial charge in [-0.2, -0.15) is 0 Å². The number of nitrogens with one attached hydrogen (secondary N) is 1. The van der Waals surface area contributed by atoms with Gasteiger partial charge < -0.3 is 9.47 Å². The standard InChI is InChI=1S/C23H19FN4O3/c1-26(2)16-9-11-17(12-10-16)27-13-3-4-19(27)14-20-21(29)25-23(31)28(22(20)30)18-7-5-15(24)6-8-18/h3-14H,1-2H3,(H,25,29,31). The Labute approximate surface area is 178 Å². The van der Waals surface area contributed by atoms with Crippen LogP contribution < -0.4 is 15.1 Å². The molecule has 1 aliphatic heterocycles. The van der Waals surface area contributed by atoms with Crippen molar-refractivity contribution in [1.82, 2.24) is 9.88 Å². The quantitative estimate of drug-likeness (QED) is 0.521. The molecule has 1 saturated heterocycles. The van der Waals surface area contributed by atoms with Crippen LogP contribution in [0, 0.1) is 5.82 Å². The average Bonchev–Trinajstić information content (AvgIpc) is 3.20. The van der Waals surface area contributed by atoms with Crippen LogP contribution in [0.3, 0.4) is 0 Å². The maximum atomic E-state index is 13.2. The first-order valence-corrected chi connectivity index (χ1v) is 9.47. The molecule has 0 aliphatic carbocycles. The van der Waals surface area contributed by atoms with E-state index >= 15 is 0 Å². The fraction of sp³-hybridized carbons (Fsp3) is 0.0870. The summed E-state index contributed by atoms with van der Waals surface area (Å²) in [5, 5.41) is 2.16. The van der Waals surface area contributed by atoms with E-state index in [9.17, 15) is 18.8 Å². The number of amides is 4. The molecule has 0 atom stereocenters. The first kappa shape index (κ1) is 20.1. The van der Waals surface area contributed by atoms with Crippen molar-refractivity contribution in [3.63, 3.8) is 0 Å². The van der Waals surface area contributed by atoms with E-state index in [-0.39, 0.29) is 11.3 Å². The highest BCUT2D eigenvalue weighted by atomic mass is 19.1. The second-order valence-electron chi connectivity index (χ2n) is 7.15. The highest BCUT2D eigenvalue weighted by molar-refractivity contribution is 6.39. The van der Waals surface area contributed by atoms with Gasteiger partial charge in [0.2, 0.25) is 0 Å². The Bertz CT molecular complexity index is 1190. The van der Waals surface area contributed by atoms with E-state index in [1.807, 2.05) is 54.0 Å². The van der Waals surface area contributed by atoms with Crippen molar-refractivity contribution < 1.29 is 18.8 Å². The molecule has 4 rings (SSSR count). The predicted molar refractivity (Wildman–Crippen MR) is 115 cm³/mol. The highest BCUT2D eigenvalue weighted by Gasteiger charge is 2.37. The van der Waals surface area contributed by atoms with Gasteiger partial charge >= 0.3 is 6.03 Å².